The molecular formula is C13H16BBrF6N2NaS4. The second kappa shape index (κ2) is 17.7. The van der Waals surface area contributed by atoms with Crippen molar-refractivity contribution in [2.24, 2.45) is 0 Å². The zero-order valence-corrected chi connectivity index (χ0v) is 21.2. The summed E-state index contributed by atoms with van der Waals surface area (Å²) in [6.45, 7) is 0. The minimum Gasteiger partial charge on any atom is -0.796 e. The first-order valence-corrected chi connectivity index (χ1v) is 11.0. The first-order valence-electron chi connectivity index (χ1n) is 6.07. The van der Waals surface area contributed by atoms with Crippen molar-refractivity contribution >= 4 is 71.4 Å². The SMILES string of the molecule is C.CSCc1cnc(C(F)(F)F)s1.C[S-].FC(F)(F)c1ncc(CBr)s1.[B].[Na+]. The fraction of sp³-hybridized carbons (Fsp3) is 0.538. The van der Waals surface area contributed by atoms with E-state index in [1.165, 1.54) is 24.2 Å². The van der Waals surface area contributed by atoms with Gasteiger partial charge in [-0.3, -0.25) is 0 Å². The zero-order chi connectivity index (χ0) is 19.7. The van der Waals surface area contributed by atoms with Crippen molar-refractivity contribution in [1.82, 2.24) is 9.97 Å². The van der Waals surface area contributed by atoms with Gasteiger partial charge in [0.25, 0.3) is 0 Å². The zero-order valence-electron chi connectivity index (χ0n) is 14.3. The van der Waals surface area contributed by atoms with Crippen molar-refractivity contribution in [2.45, 2.75) is 30.9 Å². The summed E-state index contributed by atoms with van der Waals surface area (Å²) >= 11 is 9.97. The molecule has 0 atom stereocenters. The molecule has 3 radical (unpaired) electrons. The number of alkyl halides is 7. The van der Waals surface area contributed by atoms with Crippen LogP contribution < -0.4 is 29.6 Å². The van der Waals surface area contributed by atoms with Gasteiger partial charge >= 0.3 is 41.9 Å². The summed E-state index contributed by atoms with van der Waals surface area (Å²) in [5.41, 5.74) is 0. The number of hydrogen-bond donors (Lipinski definition) is 0. The van der Waals surface area contributed by atoms with Crippen LogP contribution in [-0.4, -0.2) is 30.9 Å². The van der Waals surface area contributed by atoms with Crippen LogP contribution in [-0.2, 0) is 36.1 Å². The van der Waals surface area contributed by atoms with Crippen molar-refractivity contribution in [3.63, 3.8) is 0 Å². The average molecular weight is 556 g/mol. The number of thiazole rings is 2. The third-order valence-electron chi connectivity index (χ3n) is 2.01. The predicted octanol–water partition coefficient (Wildman–Crippen LogP) is 3.50. The Morgan fingerprint density at radius 2 is 1.32 bits per heavy atom. The number of thioether (sulfide) groups is 1. The standard InChI is InChI=1S/C6H6F3NS2.C5H3BrF3NS.CH4S.CH4.B.Na/c1-11-3-4-2-10-5(12-4)6(7,8)9;6-1-3-2-10-4(11-3)5(7,8)9;1-2;;;/h2H,3H2,1H3;2H,1H2;2H,1H3;1H4;;/q;;;;;+1/p-1. The fourth-order valence-corrected chi connectivity index (χ4v) is 3.79. The van der Waals surface area contributed by atoms with E-state index in [2.05, 4.69) is 38.5 Å². The van der Waals surface area contributed by atoms with Crippen molar-refractivity contribution in [3.05, 3.63) is 32.2 Å². The Hall–Kier alpha value is 1.08. The predicted molar refractivity (Wildman–Crippen MR) is 110 cm³/mol. The molecule has 0 aromatic carbocycles. The Bertz CT molecular complexity index is 625. The first kappa shape index (κ1) is 36.5. The third-order valence-corrected chi connectivity index (χ3v) is 5.85. The summed E-state index contributed by atoms with van der Waals surface area (Å²) in [7, 11) is 0. The summed E-state index contributed by atoms with van der Waals surface area (Å²) in [5.74, 6) is 0.591. The molecule has 15 heteroatoms. The molecule has 2 nitrogen and oxygen atoms in total. The summed E-state index contributed by atoms with van der Waals surface area (Å²) in [6.07, 6.45) is -2.66. The smallest absolute Gasteiger partial charge is 0.796 e. The molecule has 0 aliphatic carbocycles. The Balaban J connectivity index is -0.000000172. The van der Waals surface area contributed by atoms with Crippen LogP contribution in [0.3, 0.4) is 0 Å². The van der Waals surface area contributed by atoms with Crippen LogP contribution in [0.2, 0.25) is 0 Å². The monoisotopic (exact) mass is 555 g/mol. The van der Waals surface area contributed by atoms with E-state index in [0.29, 0.717) is 43.5 Å². The molecule has 0 fully saturated rings. The van der Waals surface area contributed by atoms with Gasteiger partial charge in [0, 0.05) is 41.6 Å². The van der Waals surface area contributed by atoms with Gasteiger partial charge in [-0.25, -0.2) is 9.97 Å². The Morgan fingerprint density at radius 3 is 1.57 bits per heavy atom. The molecule has 0 unspecified atom stereocenters. The summed E-state index contributed by atoms with van der Waals surface area (Å²) in [6, 6.07) is 0. The molecule has 155 valence electrons. The molecule has 2 rings (SSSR count). The number of hydrogen-bond acceptors (Lipinski definition) is 6. The molecule has 0 saturated heterocycles. The molecular weight excluding hydrogens is 540 g/mol. The van der Waals surface area contributed by atoms with Crippen molar-refractivity contribution in [3.8, 4) is 0 Å². The Kier molecular flexibility index (Phi) is 23.1. The third kappa shape index (κ3) is 14.2. The van der Waals surface area contributed by atoms with E-state index in [9.17, 15) is 26.3 Å². The molecule has 0 amide bonds. The molecule has 28 heavy (non-hydrogen) atoms. The Morgan fingerprint density at radius 1 is 0.964 bits per heavy atom. The molecule has 0 saturated carbocycles. The van der Waals surface area contributed by atoms with Gasteiger partial charge in [-0.2, -0.15) is 44.4 Å². The molecule has 2 heterocycles. The van der Waals surface area contributed by atoms with Gasteiger partial charge < -0.3 is 12.6 Å². The maximum absolute atomic E-state index is 12.0. The maximum atomic E-state index is 12.0. The minimum atomic E-state index is -4.30. The van der Waals surface area contributed by atoms with Crippen LogP contribution in [0.25, 0.3) is 0 Å². The van der Waals surface area contributed by atoms with E-state index >= 15 is 0 Å². The quantitative estimate of drug-likeness (QED) is 0.251. The van der Waals surface area contributed by atoms with Gasteiger partial charge in [0.15, 0.2) is 10.0 Å². The molecule has 2 aromatic rings. The second-order valence-electron chi connectivity index (χ2n) is 3.83. The van der Waals surface area contributed by atoms with Crippen molar-refractivity contribution < 1.29 is 55.9 Å². The number of halogens is 7. The minimum absolute atomic E-state index is 0. The average Bonchev–Trinajstić information content (AvgIpc) is 3.18. The van der Waals surface area contributed by atoms with Gasteiger partial charge in [-0.1, -0.05) is 23.4 Å². The Labute approximate surface area is 211 Å². The molecule has 2 aromatic heterocycles. The van der Waals surface area contributed by atoms with Crippen LogP contribution >= 0.6 is 50.4 Å². The molecule has 0 spiro atoms. The van der Waals surface area contributed by atoms with Gasteiger partial charge in [-0.05, 0) is 6.26 Å². The first-order chi connectivity index (χ1) is 11.6. The van der Waals surface area contributed by atoms with Crippen LogP contribution in [0.4, 0.5) is 26.3 Å². The van der Waals surface area contributed by atoms with E-state index in [-0.39, 0.29) is 45.4 Å². The maximum Gasteiger partial charge on any atom is 1.00 e. The summed E-state index contributed by atoms with van der Waals surface area (Å²) in [4.78, 5) is 7.75. The topological polar surface area (TPSA) is 25.8 Å². The normalized spacial score (nSPS) is 10.1. The van der Waals surface area contributed by atoms with Crippen LogP contribution in [0, 0.1) is 0 Å². The number of aromatic nitrogens is 2. The van der Waals surface area contributed by atoms with Gasteiger partial charge in [-0.15, -0.1) is 22.7 Å². The summed E-state index contributed by atoms with van der Waals surface area (Å²) in [5, 5.41) is -1.13. The van der Waals surface area contributed by atoms with Gasteiger partial charge in [0.2, 0.25) is 0 Å². The van der Waals surface area contributed by atoms with E-state index in [1.54, 1.807) is 6.26 Å². The fourth-order valence-electron chi connectivity index (χ4n) is 1.15. The van der Waals surface area contributed by atoms with Crippen LogP contribution in [0.1, 0.15) is 27.2 Å². The van der Waals surface area contributed by atoms with E-state index in [4.69, 9.17) is 0 Å². The van der Waals surface area contributed by atoms with E-state index < -0.39 is 22.4 Å². The number of rotatable bonds is 3. The molecule has 0 N–H and O–H groups in total. The summed E-state index contributed by atoms with van der Waals surface area (Å²) < 4.78 is 71.6. The van der Waals surface area contributed by atoms with Gasteiger partial charge in [0.1, 0.15) is 0 Å². The second-order valence-corrected chi connectivity index (χ2v) is 7.48. The largest absolute Gasteiger partial charge is 1.00 e. The molecule has 0 aliphatic heterocycles. The van der Waals surface area contributed by atoms with Crippen LogP contribution in [0.5, 0.6) is 0 Å². The molecule has 0 bridgehead atoms. The number of nitrogens with zero attached hydrogens (tertiary/aromatic N) is 2. The van der Waals surface area contributed by atoms with Crippen LogP contribution in [0.15, 0.2) is 12.4 Å². The van der Waals surface area contributed by atoms with Crippen molar-refractivity contribution in [2.75, 3.05) is 12.5 Å². The van der Waals surface area contributed by atoms with E-state index in [1.807, 2.05) is 6.26 Å². The van der Waals surface area contributed by atoms with Crippen molar-refractivity contribution in [1.29, 1.82) is 0 Å². The van der Waals surface area contributed by atoms with Gasteiger partial charge in [0.05, 0.1) is 0 Å². The van der Waals surface area contributed by atoms with E-state index in [0.717, 1.165) is 0 Å². The molecule has 0 aliphatic rings.